The zero-order valence-electron chi connectivity index (χ0n) is 28.4. The van der Waals surface area contributed by atoms with Gasteiger partial charge in [-0.25, -0.2) is 14.5 Å². The van der Waals surface area contributed by atoms with Crippen molar-refractivity contribution in [1.82, 2.24) is 14.9 Å². The highest BCUT2D eigenvalue weighted by atomic mass is 31.2. The Morgan fingerprint density at radius 3 is 2.56 bits per heavy atom. The summed E-state index contributed by atoms with van der Waals surface area (Å²) in [6.07, 6.45) is 9.72. The molecule has 4 N–H and O–H groups in total. The summed E-state index contributed by atoms with van der Waals surface area (Å²) in [4.78, 5) is 34.0. The van der Waals surface area contributed by atoms with Crippen LogP contribution in [-0.4, -0.2) is 59.5 Å². The van der Waals surface area contributed by atoms with Gasteiger partial charge >= 0.3 is 19.5 Å². The maximum absolute atomic E-state index is 14.4. The molecule has 1 aromatic carbocycles. The Hall–Kier alpha value is -3.67. The molecule has 2 heterocycles. The molecule has 3 aliphatic rings. The molecule has 1 aromatic heterocycles. The molecule has 4 atom stereocenters. The summed E-state index contributed by atoms with van der Waals surface area (Å²) in [5.41, 5.74) is 6.98. The fraction of sp³-hybridized carbons (Fsp3) is 0.588. The molecule has 14 heteroatoms. The molecule has 5 rings (SSSR count). The number of para-hydroxylation sites is 1. The van der Waals surface area contributed by atoms with Crippen molar-refractivity contribution in [2.45, 2.75) is 84.8 Å². The highest BCUT2D eigenvalue weighted by molar-refractivity contribution is 7.54. The highest BCUT2D eigenvalue weighted by Gasteiger charge is 2.52. The molecule has 48 heavy (non-hydrogen) atoms. The SMILES string of the molecule is CCCC(CCC)COC(=O)[C@H](C)C[P@](=O)(OCC1(COC(C)=O)C/C1=C/n1cnc2c1NC(N)=NC2NC1CC1)Oc1ccccc1. The summed E-state index contributed by atoms with van der Waals surface area (Å²) in [6, 6.07) is 9.13. The summed E-state index contributed by atoms with van der Waals surface area (Å²) in [7, 11) is -3.91. The fourth-order valence-corrected chi connectivity index (χ4v) is 7.78. The lowest BCUT2D eigenvalue weighted by molar-refractivity contribution is -0.149. The van der Waals surface area contributed by atoms with E-state index in [4.69, 9.17) is 24.3 Å². The van der Waals surface area contributed by atoms with E-state index in [-0.39, 0.29) is 31.5 Å². The number of carbonyl (C=O) groups is 2. The first kappa shape index (κ1) is 35.6. The molecular weight excluding hydrogens is 635 g/mol. The molecule has 2 saturated carbocycles. The van der Waals surface area contributed by atoms with E-state index in [0.717, 1.165) is 49.8 Å². The summed E-state index contributed by atoms with van der Waals surface area (Å²) >= 11 is 0. The number of guanidine groups is 1. The number of nitrogens with one attached hydrogen (secondary N) is 2. The molecule has 0 bridgehead atoms. The fourth-order valence-electron chi connectivity index (χ4n) is 5.85. The third kappa shape index (κ3) is 9.48. The van der Waals surface area contributed by atoms with Crippen LogP contribution in [0.1, 0.15) is 84.5 Å². The average molecular weight is 685 g/mol. The molecule has 13 nitrogen and oxygen atoms in total. The van der Waals surface area contributed by atoms with Crippen LogP contribution in [0.2, 0.25) is 0 Å². The summed E-state index contributed by atoms with van der Waals surface area (Å²) < 4.78 is 39.5. The molecule has 2 unspecified atom stereocenters. The predicted molar refractivity (Wildman–Crippen MR) is 183 cm³/mol. The summed E-state index contributed by atoms with van der Waals surface area (Å²) in [5, 5.41) is 6.56. The molecule has 0 radical (unpaired) electrons. The number of hydrogen-bond acceptors (Lipinski definition) is 12. The van der Waals surface area contributed by atoms with Crippen molar-refractivity contribution in [1.29, 1.82) is 0 Å². The minimum absolute atomic E-state index is 0.0210. The van der Waals surface area contributed by atoms with Crippen LogP contribution >= 0.6 is 7.60 Å². The van der Waals surface area contributed by atoms with Crippen molar-refractivity contribution >= 4 is 37.5 Å². The van der Waals surface area contributed by atoms with Crippen molar-refractivity contribution in [3.05, 3.63) is 47.9 Å². The second kappa shape index (κ2) is 15.7. The normalized spacial score (nSPS) is 22.6. The Balaban J connectivity index is 1.32. The maximum Gasteiger partial charge on any atom is 0.380 e. The number of hydrogen-bond donors (Lipinski definition) is 3. The van der Waals surface area contributed by atoms with Gasteiger partial charge in [0, 0.05) is 19.2 Å². The van der Waals surface area contributed by atoms with E-state index in [1.807, 2.05) is 16.8 Å². The van der Waals surface area contributed by atoms with Crippen molar-refractivity contribution in [2.75, 3.05) is 31.3 Å². The Morgan fingerprint density at radius 1 is 1.17 bits per heavy atom. The minimum atomic E-state index is -3.91. The lowest BCUT2D eigenvalue weighted by atomic mass is 9.99. The van der Waals surface area contributed by atoms with Gasteiger partial charge in [0.25, 0.3) is 0 Å². The van der Waals surface area contributed by atoms with Crippen LogP contribution in [-0.2, 0) is 28.2 Å². The smallest absolute Gasteiger partial charge is 0.380 e. The standard InChI is InChI=1S/C34H49N6O7P/c1-5-10-25(11-6-2)18-44-32(42)23(3)19-48(43,47-28-12-8-7-9-13-28)46-21-34(20-45-24(4)41)16-26(34)17-40-22-36-29-30(37-27-14-15-27)38-33(35)39-31(29)40/h7-9,12-13,17,22-23,25,27,30,37H,5-6,10-11,14-16,18-21H2,1-4H3,(H3,35,38,39)/b26-17-/t23-,30?,34?,48+/m1/s1. The number of imidazole rings is 1. The van der Waals surface area contributed by atoms with Gasteiger partial charge in [0.05, 0.1) is 30.7 Å². The van der Waals surface area contributed by atoms with Crippen LogP contribution < -0.4 is 20.9 Å². The number of ether oxygens (including phenoxy) is 2. The molecule has 0 spiro atoms. The van der Waals surface area contributed by atoms with Gasteiger partial charge < -0.3 is 25.0 Å². The van der Waals surface area contributed by atoms with Gasteiger partial charge in [-0.3, -0.25) is 24.0 Å². The molecular formula is C34H49N6O7P. The van der Waals surface area contributed by atoms with Crippen molar-refractivity contribution in [3.63, 3.8) is 0 Å². The molecule has 0 saturated heterocycles. The maximum atomic E-state index is 14.4. The van der Waals surface area contributed by atoms with Crippen LogP contribution in [0.4, 0.5) is 5.82 Å². The molecule has 2 aromatic rings. The van der Waals surface area contributed by atoms with Crippen LogP contribution in [0.5, 0.6) is 5.75 Å². The number of nitrogens with two attached hydrogens (primary N) is 1. The number of nitrogens with zero attached hydrogens (tertiary/aromatic N) is 3. The van der Waals surface area contributed by atoms with Gasteiger partial charge in [-0.05, 0) is 55.7 Å². The Morgan fingerprint density at radius 2 is 1.90 bits per heavy atom. The zero-order chi connectivity index (χ0) is 34.3. The lowest BCUT2D eigenvalue weighted by Crippen LogP contribution is -2.34. The van der Waals surface area contributed by atoms with Crippen LogP contribution in [0.25, 0.3) is 6.20 Å². The summed E-state index contributed by atoms with van der Waals surface area (Å²) in [6.45, 7) is 7.53. The third-order valence-corrected chi connectivity index (χ3v) is 10.8. The second-order valence-electron chi connectivity index (χ2n) is 13.2. The van der Waals surface area contributed by atoms with Gasteiger partial charge in [0.15, 0.2) is 5.96 Å². The number of aromatic nitrogens is 2. The van der Waals surface area contributed by atoms with Crippen LogP contribution in [0.3, 0.4) is 0 Å². The van der Waals surface area contributed by atoms with Crippen LogP contribution in [0.15, 0.2) is 47.2 Å². The monoisotopic (exact) mass is 684 g/mol. The van der Waals surface area contributed by atoms with Gasteiger partial charge in [-0.15, -0.1) is 0 Å². The number of esters is 2. The van der Waals surface area contributed by atoms with E-state index in [1.165, 1.54) is 6.92 Å². The molecule has 1 aliphatic heterocycles. The average Bonchev–Trinajstić information content (AvgIpc) is 3.96. The van der Waals surface area contributed by atoms with Gasteiger partial charge in [-0.1, -0.05) is 51.8 Å². The largest absolute Gasteiger partial charge is 0.465 e. The minimum Gasteiger partial charge on any atom is -0.465 e. The van der Waals surface area contributed by atoms with Gasteiger partial charge in [0.2, 0.25) is 0 Å². The van der Waals surface area contributed by atoms with Crippen molar-refractivity contribution < 1.29 is 32.7 Å². The van der Waals surface area contributed by atoms with E-state index in [9.17, 15) is 14.2 Å². The topological polar surface area (TPSA) is 168 Å². The zero-order valence-corrected chi connectivity index (χ0v) is 29.2. The first-order valence-corrected chi connectivity index (χ1v) is 18.7. The van der Waals surface area contributed by atoms with E-state index in [2.05, 4.69) is 34.5 Å². The summed E-state index contributed by atoms with van der Waals surface area (Å²) in [5.74, 6) is -0.000283. The van der Waals surface area contributed by atoms with E-state index in [1.54, 1.807) is 37.5 Å². The van der Waals surface area contributed by atoms with Gasteiger partial charge in [0.1, 0.15) is 36.4 Å². The number of rotatable bonds is 19. The Bertz CT molecular complexity index is 1540. The van der Waals surface area contributed by atoms with E-state index in [0.29, 0.717) is 36.6 Å². The number of anilines is 1. The second-order valence-corrected chi connectivity index (χ2v) is 15.2. The van der Waals surface area contributed by atoms with E-state index < -0.39 is 30.9 Å². The quantitative estimate of drug-likeness (QED) is 0.120. The van der Waals surface area contributed by atoms with Crippen molar-refractivity contribution in [3.8, 4) is 5.75 Å². The number of fused-ring (bicyclic) bond motifs is 1. The highest BCUT2D eigenvalue weighted by Crippen LogP contribution is 2.58. The van der Waals surface area contributed by atoms with Crippen molar-refractivity contribution in [2.24, 2.45) is 28.0 Å². The number of benzene rings is 1. The first-order valence-electron chi connectivity index (χ1n) is 17.0. The Kier molecular flexibility index (Phi) is 11.7. The van der Waals surface area contributed by atoms with Gasteiger partial charge in [-0.2, -0.15) is 0 Å². The van der Waals surface area contributed by atoms with Crippen LogP contribution in [0, 0.1) is 17.3 Å². The first-order chi connectivity index (χ1) is 23.0. The number of aliphatic imine (C=N–C) groups is 1. The lowest BCUT2D eigenvalue weighted by Gasteiger charge is -2.25. The third-order valence-electron chi connectivity index (χ3n) is 8.78. The molecule has 0 amide bonds. The predicted octanol–water partition coefficient (Wildman–Crippen LogP) is 5.85. The molecule has 2 fully saturated rings. The Labute approximate surface area is 282 Å². The number of carbonyl (C=O) groups excluding carboxylic acids is 2. The molecule has 2 aliphatic carbocycles. The molecule has 262 valence electrons. The van der Waals surface area contributed by atoms with E-state index >= 15 is 0 Å².